The molecule has 6 heteroatoms. The van der Waals surface area contributed by atoms with E-state index in [1.54, 1.807) is 0 Å². The Morgan fingerprint density at radius 3 is 2.64 bits per heavy atom. The van der Waals surface area contributed by atoms with Gasteiger partial charge in [-0.05, 0) is 36.3 Å². The zero-order valence-corrected chi connectivity index (χ0v) is 12.8. The maximum atomic E-state index is 13.2. The average molecular weight is 305 g/mol. The molecule has 1 aromatic rings. The van der Waals surface area contributed by atoms with Crippen molar-refractivity contribution < 1.29 is 14.0 Å². The molecule has 3 amide bonds. The lowest BCUT2D eigenvalue weighted by Crippen LogP contribution is -2.58. The number of imide groups is 1. The molecule has 0 bridgehead atoms. The van der Waals surface area contributed by atoms with Crippen LogP contribution in [0.3, 0.4) is 0 Å². The van der Waals surface area contributed by atoms with Gasteiger partial charge in [0.25, 0.3) is 5.91 Å². The lowest BCUT2D eigenvalue weighted by Gasteiger charge is -2.42. The number of hydrogen-bond donors (Lipinski definition) is 1. The number of pyridine rings is 1. The second-order valence-electron chi connectivity index (χ2n) is 6.43. The summed E-state index contributed by atoms with van der Waals surface area (Å²) in [6.45, 7) is 4.08. The molecule has 0 aromatic carbocycles. The summed E-state index contributed by atoms with van der Waals surface area (Å²) in [5.74, 6) is -0.466. The number of carbonyl (C=O) groups is 2. The van der Waals surface area contributed by atoms with Crippen LogP contribution in [0.2, 0.25) is 0 Å². The minimum atomic E-state index is -0.809. The molecule has 2 atom stereocenters. The van der Waals surface area contributed by atoms with E-state index in [1.165, 1.54) is 17.2 Å². The topological polar surface area (TPSA) is 62.3 Å². The Kier molecular flexibility index (Phi) is 3.62. The summed E-state index contributed by atoms with van der Waals surface area (Å²) in [6, 6.07) is 0.904. The number of amides is 3. The Labute approximate surface area is 128 Å². The van der Waals surface area contributed by atoms with E-state index < -0.39 is 17.4 Å². The van der Waals surface area contributed by atoms with Crippen molar-refractivity contribution in [1.82, 2.24) is 15.2 Å². The summed E-state index contributed by atoms with van der Waals surface area (Å²) in [6.07, 6.45) is 5.49. The van der Waals surface area contributed by atoms with Crippen molar-refractivity contribution in [1.29, 1.82) is 0 Å². The SMILES string of the molecule is CC1CCCC(C)C12NC(=O)N(Cc1cncc(F)c1)C2=O. The van der Waals surface area contributed by atoms with Gasteiger partial charge in [-0.2, -0.15) is 0 Å². The van der Waals surface area contributed by atoms with Crippen LogP contribution in [0.15, 0.2) is 18.5 Å². The van der Waals surface area contributed by atoms with Crippen molar-refractivity contribution in [3.63, 3.8) is 0 Å². The van der Waals surface area contributed by atoms with Gasteiger partial charge in [0.05, 0.1) is 12.7 Å². The van der Waals surface area contributed by atoms with Gasteiger partial charge in [-0.1, -0.05) is 20.3 Å². The van der Waals surface area contributed by atoms with Crippen molar-refractivity contribution in [2.24, 2.45) is 11.8 Å². The Bertz CT molecular complexity index is 609. The van der Waals surface area contributed by atoms with Gasteiger partial charge in [0.1, 0.15) is 11.4 Å². The third-order valence-electron chi connectivity index (χ3n) is 5.09. The van der Waals surface area contributed by atoms with Gasteiger partial charge in [0.2, 0.25) is 0 Å². The van der Waals surface area contributed by atoms with E-state index in [2.05, 4.69) is 10.3 Å². The molecule has 2 fully saturated rings. The number of halogens is 1. The monoisotopic (exact) mass is 305 g/mol. The van der Waals surface area contributed by atoms with E-state index in [-0.39, 0.29) is 24.3 Å². The van der Waals surface area contributed by atoms with Gasteiger partial charge in [-0.3, -0.25) is 14.7 Å². The fourth-order valence-electron chi connectivity index (χ4n) is 3.82. The molecule has 1 spiro atoms. The van der Waals surface area contributed by atoms with Gasteiger partial charge in [-0.15, -0.1) is 0 Å². The van der Waals surface area contributed by atoms with E-state index >= 15 is 0 Å². The smallest absolute Gasteiger partial charge is 0.323 e. The number of urea groups is 1. The minimum absolute atomic E-state index is 0.0522. The number of hydrogen-bond acceptors (Lipinski definition) is 3. The van der Waals surface area contributed by atoms with Crippen LogP contribution < -0.4 is 5.32 Å². The molecule has 2 heterocycles. The lowest BCUT2D eigenvalue weighted by molar-refractivity contribution is -0.136. The molecule has 3 rings (SSSR count). The van der Waals surface area contributed by atoms with Gasteiger partial charge in [0, 0.05) is 6.20 Å². The van der Waals surface area contributed by atoms with E-state index in [4.69, 9.17) is 0 Å². The highest BCUT2D eigenvalue weighted by atomic mass is 19.1. The highest BCUT2D eigenvalue weighted by Gasteiger charge is 2.58. The summed E-state index contributed by atoms with van der Waals surface area (Å²) >= 11 is 0. The van der Waals surface area contributed by atoms with E-state index in [9.17, 15) is 14.0 Å². The Hall–Kier alpha value is -1.98. The van der Waals surface area contributed by atoms with Crippen LogP contribution in [0.4, 0.5) is 9.18 Å². The first-order chi connectivity index (χ1) is 10.4. The number of carbonyl (C=O) groups excluding carboxylic acids is 2. The summed E-state index contributed by atoms with van der Waals surface area (Å²) < 4.78 is 13.2. The molecule has 2 unspecified atom stereocenters. The predicted molar refractivity (Wildman–Crippen MR) is 78.2 cm³/mol. The molecule has 1 aliphatic heterocycles. The first-order valence-corrected chi connectivity index (χ1v) is 7.68. The summed E-state index contributed by atoms with van der Waals surface area (Å²) in [4.78, 5) is 30.2. The predicted octanol–water partition coefficient (Wildman–Crippen LogP) is 2.47. The highest BCUT2D eigenvalue weighted by Crippen LogP contribution is 2.42. The van der Waals surface area contributed by atoms with Crippen LogP contribution in [-0.4, -0.2) is 27.4 Å². The summed E-state index contributed by atoms with van der Waals surface area (Å²) in [5.41, 5.74) is -0.299. The van der Waals surface area contributed by atoms with Crippen molar-refractivity contribution in [3.8, 4) is 0 Å². The molecular weight excluding hydrogens is 285 g/mol. The lowest BCUT2D eigenvalue weighted by atomic mass is 9.67. The van der Waals surface area contributed by atoms with Crippen LogP contribution in [0.25, 0.3) is 0 Å². The van der Waals surface area contributed by atoms with Crippen LogP contribution in [-0.2, 0) is 11.3 Å². The molecule has 2 aliphatic rings. The zero-order chi connectivity index (χ0) is 15.9. The van der Waals surface area contributed by atoms with Crippen molar-refractivity contribution in [3.05, 3.63) is 29.8 Å². The molecule has 1 aromatic heterocycles. The number of nitrogens with zero attached hydrogens (tertiary/aromatic N) is 2. The maximum absolute atomic E-state index is 13.2. The molecule has 1 aliphatic carbocycles. The first-order valence-electron chi connectivity index (χ1n) is 7.68. The highest BCUT2D eigenvalue weighted by molar-refractivity contribution is 6.07. The Balaban J connectivity index is 1.88. The van der Waals surface area contributed by atoms with Crippen LogP contribution in [0.5, 0.6) is 0 Å². The fourth-order valence-corrected chi connectivity index (χ4v) is 3.82. The molecular formula is C16H20FN3O2. The van der Waals surface area contributed by atoms with Gasteiger partial charge in [0.15, 0.2) is 0 Å². The quantitative estimate of drug-likeness (QED) is 0.854. The summed E-state index contributed by atoms with van der Waals surface area (Å²) in [5, 5.41) is 2.93. The molecule has 22 heavy (non-hydrogen) atoms. The largest absolute Gasteiger partial charge is 0.325 e. The number of nitrogens with one attached hydrogen (secondary N) is 1. The average Bonchev–Trinajstić information content (AvgIpc) is 2.71. The number of aromatic nitrogens is 1. The second kappa shape index (κ2) is 5.34. The third kappa shape index (κ3) is 2.17. The molecule has 5 nitrogen and oxygen atoms in total. The Morgan fingerprint density at radius 1 is 1.32 bits per heavy atom. The second-order valence-corrected chi connectivity index (χ2v) is 6.43. The minimum Gasteiger partial charge on any atom is -0.323 e. The first kappa shape index (κ1) is 14.9. The van der Waals surface area contributed by atoms with Crippen molar-refractivity contribution >= 4 is 11.9 Å². The van der Waals surface area contributed by atoms with E-state index in [0.717, 1.165) is 25.5 Å². The van der Waals surface area contributed by atoms with Crippen molar-refractivity contribution in [2.45, 2.75) is 45.2 Å². The van der Waals surface area contributed by atoms with Crippen LogP contribution in [0.1, 0.15) is 38.7 Å². The van der Waals surface area contributed by atoms with Gasteiger partial charge in [-0.25, -0.2) is 9.18 Å². The van der Waals surface area contributed by atoms with Crippen LogP contribution >= 0.6 is 0 Å². The zero-order valence-electron chi connectivity index (χ0n) is 12.8. The fraction of sp³-hybridized carbons (Fsp3) is 0.562. The maximum Gasteiger partial charge on any atom is 0.325 e. The van der Waals surface area contributed by atoms with Gasteiger partial charge < -0.3 is 5.32 Å². The summed E-state index contributed by atoms with van der Waals surface area (Å²) in [7, 11) is 0. The van der Waals surface area contributed by atoms with E-state index in [0.29, 0.717) is 5.56 Å². The van der Waals surface area contributed by atoms with Gasteiger partial charge >= 0.3 is 6.03 Å². The standard InChI is InChI=1S/C16H20FN3O2/c1-10-4-3-5-11(2)16(10)14(21)20(15(22)19-16)9-12-6-13(17)8-18-7-12/h6-8,10-11H,3-5,9H2,1-2H3,(H,19,22). The van der Waals surface area contributed by atoms with E-state index in [1.807, 2.05) is 13.8 Å². The molecule has 0 radical (unpaired) electrons. The normalized spacial score (nSPS) is 31.7. The number of rotatable bonds is 2. The molecule has 118 valence electrons. The Morgan fingerprint density at radius 2 is 2.00 bits per heavy atom. The molecule has 1 saturated carbocycles. The van der Waals surface area contributed by atoms with Crippen molar-refractivity contribution in [2.75, 3.05) is 0 Å². The molecule has 1 N–H and O–H groups in total. The van der Waals surface area contributed by atoms with Crippen LogP contribution in [0, 0.1) is 17.7 Å². The molecule has 1 saturated heterocycles. The third-order valence-corrected chi connectivity index (χ3v) is 5.09.